The van der Waals surface area contributed by atoms with Gasteiger partial charge in [0.2, 0.25) is 0 Å². The van der Waals surface area contributed by atoms with Gasteiger partial charge in [-0.3, -0.25) is 19.8 Å². The molecular formula is C8H9F3N6O2. The molecule has 0 saturated carbocycles. The predicted molar refractivity (Wildman–Crippen MR) is 59.9 cm³/mol. The fourth-order valence-electron chi connectivity index (χ4n) is 1.07. The van der Waals surface area contributed by atoms with Crippen LogP contribution in [0.1, 0.15) is 0 Å². The van der Waals surface area contributed by atoms with Gasteiger partial charge in [-0.1, -0.05) is 0 Å². The topological polar surface area (TPSA) is 112 Å². The van der Waals surface area contributed by atoms with Crippen LogP contribution in [0, 0.1) is 10.1 Å². The van der Waals surface area contributed by atoms with Gasteiger partial charge in [0.15, 0.2) is 0 Å². The number of hydrogen-bond donors (Lipinski definition) is 1. The molecule has 19 heavy (non-hydrogen) atoms. The largest absolute Gasteiger partial charge is 0.407 e. The molecule has 0 fully saturated rings. The highest BCUT2D eigenvalue weighted by molar-refractivity contribution is 6.30. The van der Waals surface area contributed by atoms with E-state index in [1.807, 2.05) is 0 Å². The van der Waals surface area contributed by atoms with Crippen LogP contribution in [-0.2, 0) is 6.54 Å². The number of aromatic nitrogens is 2. The van der Waals surface area contributed by atoms with Gasteiger partial charge in [0.1, 0.15) is 18.9 Å². The molecule has 0 saturated heterocycles. The Morgan fingerprint density at radius 1 is 1.63 bits per heavy atom. The van der Waals surface area contributed by atoms with Gasteiger partial charge in [-0.15, -0.1) is 0 Å². The third kappa shape index (κ3) is 5.14. The van der Waals surface area contributed by atoms with E-state index in [1.54, 1.807) is 0 Å². The minimum atomic E-state index is -4.42. The van der Waals surface area contributed by atoms with Crippen molar-refractivity contribution in [2.75, 3.05) is 6.54 Å². The summed E-state index contributed by atoms with van der Waals surface area (Å²) in [5.74, 6) is 4.98. The molecule has 1 aromatic heterocycles. The summed E-state index contributed by atoms with van der Waals surface area (Å²) >= 11 is 0. The van der Waals surface area contributed by atoms with E-state index in [2.05, 4.69) is 15.2 Å². The van der Waals surface area contributed by atoms with Crippen molar-refractivity contribution in [3.05, 3.63) is 22.5 Å². The molecule has 0 spiro atoms. The molecule has 1 aromatic rings. The summed E-state index contributed by atoms with van der Waals surface area (Å²) in [7, 11) is 0. The molecule has 0 aliphatic carbocycles. The lowest BCUT2D eigenvalue weighted by Gasteiger charge is -2.02. The number of nitro groups is 1. The molecule has 2 N–H and O–H groups in total. The number of hydrogen-bond acceptors (Lipinski definition) is 6. The number of aliphatic imine (C=N–C) groups is 1. The van der Waals surface area contributed by atoms with Crippen LogP contribution < -0.4 is 5.84 Å². The van der Waals surface area contributed by atoms with Gasteiger partial charge in [0, 0.05) is 6.21 Å². The van der Waals surface area contributed by atoms with Crippen LogP contribution >= 0.6 is 0 Å². The number of hydrazone groups is 1. The maximum atomic E-state index is 11.9. The number of rotatable bonds is 5. The van der Waals surface area contributed by atoms with Crippen molar-refractivity contribution in [1.29, 1.82) is 0 Å². The molecule has 0 atom stereocenters. The molecule has 8 nitrogen and oxygen atoms in total. The van der Waals surface area contributed by atoms with E-state index >= 15 is 0 Å². The van der Waals surface area contributed by atoms with E-state index in [0.29, 0.717) is 0 Å². The Hall–Kier alpha value is -2.46. The van der Waals surface area contributed by atoms with E-state index in [1.165, 1.54) is 0 Å². The molecule has 0 radical (unpaired) electrons. The summed E-state index contributed by atoms with van der Waals surface area (Å²) in [5, 5.41) is 17.3. The fourth-order valence-corrected chi connectivity index (χ4v) is 1.07. The van der Waals surface area contributed by atoms with Crippen molar-refractivity contribution in [3.8, 4) is 0 Å². The van der Waals surface area contributed by atoms with E-state index < -0.39 is 17.6 Å². The number of halogens is 3. The van der Waals surface area contributed by atoms with Crippen LogP contribution in [0.3, 0.4) is 0 Å². The van der Waals surface area contributed by atoms with E-state index in [-0.39, 0.29) is 17.9 Å². The van der Waals surface area contributed by atoms with Crippen molar-refractivity contribution in [3.63, 3.8) is 0 Å². The molecule has 0 aliphatic rings. The molecule has 0 amide bonds. The van der Waals surface area contributed by atoms with Crippen LogP contribution in [0.4, 0.5) is 18.9 Å². The van der Waals surface area contributed by atoms with Gasteiger partial charge < -0.3 is 5.84 Å². The molecule has 0 unspecified atom stereocenters. The molecule has 0 aliphatic heterocycles. The van der Waals surface area contributed by atoms with Crippen molar-refractivity contribution in [2.24, 2.45) is 15.9 Å². The van der Waals surface area contributed by atoms with Gasteiger partial charge in [-0.2, -0.15) is 23.4 Å². The molecule has 0 bridgehead atoms. The zero-order valence-corrected chi connectivity index (χ0v) is 9.41. The lowest BCUT2D eigenvalue weighted by molar-refractivity contribution is -0.385. The first-order valence-corrected chi connectivity index (χ1v) is 4.82. The zero-order valence-electron chi connectivity index (χ0n) is 9.41. The van der Waals surface area contributed by atoms with Crippen molar-refractivity contribution >= 4 is 17.6 Å². The Morgan fingerprint density at radius 2 is 2.32 bits per heavy atom. The van der Waals surface area contributed by atoms with Crippen molar-refractivity contribution < 1.29 is 18.1 Å². The highest BCUT2D eigenvalue weighted by Gasteiger charge is 2.25. The lowest BCUT2D eigenvalue weighted by Crippen LogP contribution is -2.17. The first kappa shape index (κ1) is 14.6. The third-order valence-corrected chi connectivity index (χ3v) is 1.83. The van der Waals surface area contributed by atoms with Gasteiger partial charge in [0.25, 0.3) is 0 Å². The first-order chi connectivity index (χ1) is 8.81. The summed E-state index contributed by atoms with van der Waals surface area (Å²) in [5.41, 5.74) is -0.245. The van der Waals surface area contributed by atoms with Crippen LogP contribution in [0.5, 0.6) is 0 Å². The maximum Gasteiger partial charge on any atom is 0.407 e. The minimum Gasteiger partial charge on any atom is -0.323 e. The van der Waals surface area contributed by atoms with Gasteiger partial charge >= 0.3 is 11.9 Å². The monoisotopic (exact) mass is 278 g/mol. The molecule has 104 valence electrons. The summed E-state index contributed by atoms with van der Waals surface area (Å²) in [4.78, 5) is 12.9. The molecule has 1 rings (SSSR count). The van der Waals surface area contributed by atoms with Crippen LogP contribution in [0.2, 0.25) is 0 Å². The third-order valence-electron chi connectivity index (χ3n) is 1.83. The first-order valence-electron chi connectivity index (χ1n) is 4.82. The average Bonchev–Trinajstić information content (AvgIpc) is 2.74. The SMILES string of the molecule is N/N=C(\C=NCC(F)(F)F)Cn1cc([N+](=O)[O-])cn1. The normalized spacial score (nSPS) is 13.1. The average molecular weight is 278 g/mol. The van der Waals surface area contributed by atoms with Crippen LogP contribution in [0.25, 0.3) is 0 Å². The van der Waals surface area contributed by atoms with E-state index in [9.17, 15) is 23.3 Å². The molecular weight excluding hydrogens is 269 g/mol. The quantitative estimate of drug-likeness (QED) is 0.370. The van der Waals surface area contributed by atoms with E-state index in [4.69, 9.17) is 5.84 Å². The predicted octanol–water partition coefficient (Wildman–Crippen LogP) is 0.739. The summed E-state index contributed by atoms with van der Waals surface area (Å²) in [6, 6.07) is 0. The summed E-state index contributed by atoms with van der Waals surface area (Å²) in [6.45, 7) is -1.48. The maximum absolute atomic E-state index is 11.9. The Labute approximate surface area is 104 Å². The fraction of sp³-hybridized carbons (Fsp3) is 0.375. The van der Waals surface area contributed by atoms with Crippen molar-refractivity contribution in [2.45, 2.75) is 12.7 Å². The molecule has 1 heterocycles. The Morgan fingerprint density at radius 3 is 2.79 bits per heavy atom. The lowest BCUT2D eigenvalue weighted by atomic mass is 10.4. The van der Waals surface area contributed by atoms with E-state index in [0.717, 1.165) is 23.3 Å². The molecule has 11 heteroatoms. The number of alkyl halides is 3. The second kappa shape index (κ2) is 5.93. The Balaban J connectivity index is 2.64. The summed E-state index contributed by atoms with van der Waals surface area (Å²) < 4.78 is 36.7. The minimum absolute atomic E-state index is 0.00208. The smallest absolute Gasteiger partial charge is 0.323 e. The second-order valence-corrected chi connectivity index (χ2v) is 3.36. The number of nitrogens with zero attached hydrogens (tertiary/aromatic N) is 5. The van der Waals surface area contributed by atoms with Gasteiger partial charge in [-0.25, -0.2) is 0 Å². The zero-order chi connectivity index (χ0) is 14.5. The molecule has 0 aromatic carbocycles. The standard InChI is InChI=1S/C8H9F3N6O2/c9-8(10,11)5-13-1-6(15-12)3-16-4-7(2-14-16)17(18)19/h1-2,4H,3,5,12H2/b13-1?,15-6+. The number of nitrogens with two attached hydrogens (primary N) is 1. The van der Waals surface area contributed by atoms with Gasteiger partial charge in [-0.05, 0) is 0 Å². The second-order valence-electron chi connectivity index (χ2n) is 3.36. The van der Waals surface area contributed by atoms with Crippen LogP contribution in [-0.4, -0.2) is 39.4 Å². The van der Waals surface area contributed by atoms with Crippen LogP contribution in [0.15, 0.2) is 22.5 Å². The Bertz CT molecular complexity index is 507. The van der Waals surface area contributed by atoms with Crippen molar-refractivity contribution in [1.82, 2.24) is 9.78 Å². The highest BCUT2D eigenvalue weighted by Crippen LogP contribution is 2.14. The summed E-state index contributed by atoms with van der Waals surface area (Å²) in [6.07, 6.45) is -1.47. The highest BCUT2D eigenvalue weighted by atomic mass is 19.4. The van der Waals surface area contributed by atoms with Gasteiger partial charge in [0.05, 0.1) is 17.2 Å². The Kier molecular flexibility index (Phi) is 4.56.